The number of phenolic OH excluding ortho intramolecular Hbond substituents is 2. The van der Waals surface area contributed by atoms with Crippen LogP contribution in [-0.2, 0) is 6.42 Å². The number of aromatic hydroxyl groups is 2. The summed E-state index contributed by atoms with van der Waals surface area (Å²) >= 11 is 0. The van der Waals surface area contributed by atoms with Crippen molar-refractivity contribution >= 4 is 0 Å². The molecule has 1 aromatic carbocycles. The van der Waals surface area contributed by atoms with Crippen LogP contribution in [0, 0.1) is 24.7 Å². The van der Waals surface area contributed by atoms with E-state index in [2.05, 4.69) is 40.7 Å². The number of phenols is 2. The third-order valence-corrected chi connectivity index (χ3v) is 6.34. The van der Waals surface area contributed by atoms with Gasteiger partial charge in [0.25, 0.3) is 0 Å². The highest BCUT2D eigenvalue weighted by Crippen LogP contribution is 2.29. The molecule has 1 rings (SSSR count). The van der Waals surface area contributed by atoms with Crippen molar-refractivity contribution in [2.45, 2.75) is 106 Å². The molecule has 0 aliphatic heterocycles. The first-order chi connectivity index (χ1) is 13.7. The van der Waals surface area contributed by atoms with E-state index in [0.717, 1.165) is 35.3 Å². The fraction of sp³-hybridized carbons (Fsp3) is 0.704. The van der Waals surface area contributed by atoms with Crippen molar-refractivity contribution in [3.63, 3.8) is 0 Å². The van der Waals surface area contributed by atoms with Crippen LogP contribution in [0.5, 0.6) is 11.5 Å². The van der Waals surface area contributed by atoms with Crippen LogP contribution in [0.25, 0.3) is 0 Å². The minimum atomic E-state index is 0.256. The predicted octanol–water partition coefficient (Wildman–Crippen LogP) is 8.33. The SMILES string of the molecule is C/C(=C/Cc1c(O)ccc(O)c1C)CCC[C@H](C)CCC[C@H](C)CCCC(C)C. The fourth-order valence-electron chi connectivity index (χ4n) is 4.07. The van der Waals surface area contributed by atoms with Crippen LogP contribution in [0.1, 0.15) is 104 Å². The van der Waals surface area contributed by atoms with Crippen LogP contribution in [0.2, 0.25) is 0 Å². The molecule has 166 valence electrons. The molecule has 0 spiro atoms. The van der Waals surface area contributed by atoms with E-state index in [4.69, 9.17) is 0 Å². The van der Waals surface area contributed by atoms with Crippen LogP contribution in [0.15, 0.2) is 23.8 Å². The molecule has 0 amide bonds. The molecule has 0 saturated heterocycles. The van der Waals surface area contributed by atoms with Crippen molar-refractivity contribution in [3.05, 3.63) is 34.9 Å². The van der Waals surface area contributed by atoms with Crippen LogP contribution >= 0.6 is 0 Å². The fourth-order valence-corrected chi connectivity index (χ4v) is 4.07. The molecule has 0 bridgehead atoms. The predicted molar refractivity (Wildman–Crippen MR) is 127 cm³/mol. The van der Waals surface area contributed by atoms with Gasteiger partial charge in [0.2, 0.25) is 0 Å². The largest absolute Gasteiger partial charge is 0.508 e. The summed E-state index contributed by atoms with van der Waals surface area (Å²) in [5.41, 5.74) is 2.99. The highest BCUT2D eigenvalue weighted by atomic mass is 16.3. The first-order valence-electron chi connectivity index (χ1n) is 11.9. The summed E-state index contributed by atoms with van der Waals surface area (Å²) in [5.74, 6) is 3.06. The Kier molecular flexibility index (Phi) is 12.1. The molecule has 0 unspecified atom stereocenters. The van der Waals surface area contributed by atoms with Crippen LogP contribution in [0.3, 0.4) is 0 Å². The number of rotatable bonds is 14. The lowest BCUT2D eigenvalue weighted by Crippen LogP contribution is -2.00. The van der Waals surface area contributed by atoms with E-state index in [0.29, 0.717) is 6.42 Å². The van der Waals surface area contributed by atoms with Gasteiger partial charge in [0.15, 0.2) is 0 Å². The number of hydrogen-bond donors (Lipinski definition) is 2. The van der Waals surface area contributed by atoms with Crippen molar-refractivity contribution in [1.29, 1.82) is 0 Å². The monoisotopic (exact) mass is 402 g/mol. The first-order valence-corrected chi connectivity index (χ1v) is 11.9. The molecule has 1 aromatic rings. The van der Waals surface area contributed by atoms with E-state index in [9.17, 15) is 10.2 Å². The zero-order valence-electron chi connectivity index (χ0n) is 19.9. The van der Waals surface area contributed by atoms with Crippen molar-refractivity contribution < 1.29 is 10.2 Å². The molecule has 2 atom stereocenters. The van der Waals surface area contributed by atoms with Gasteiger partial charge in [0.05, 0.1) is 0 Å². The molecule has 2 heteroatoms. The molecule has 0 radical (unpaired) electrons. The van der Waals surface area contributed by atoms with Crippen LogP contribution in [0.4, 0.5) is 0 Å². The average Bonchev–Trinajstić information content (AvgIpc) is 2.64. The standard InChI is InChI=1S/C27H46O2/c1-20(2)10-7-11-21(3)12-8-13-22(4)14-9-15-23(5)16-17-25-24(6)26(28)18-19-27(25)29/h16,18-22,28-29H,7-15,17H2,1-6H3/b23-16-/t21-,22-/m1/s1. The minimum absolute atomic E-state index is 0.256. The van der Waals surface area contributed by atoms with E-state index in [1.54, 1.807) is 12.1 Å². The normalized spacial score (nSPS) is 14.4. The molecule has 0 aliphatic carbocycles. The van der Waals surface area contributed by atoms with E-state index >= 15 is 0 Å². The van der Waals surface area contributed by atoms with E-state index in [1.807, 2.05) is 6.92 Å². The third kappa shape index (κ3) is 10.8. The Balaban J connectivity index is 2.22. The van der Waals surface area contributed by atoms with Gasteiger partial charge in [-0.2, -0.15) is 0 Å². The second kappa shape index (κ2) is 13.7. The summed E-state index contributed by atoms with van der Waals surface area (Å²) in [6, 6.07) is 3.13. The molecule has 0 fully saturated rings. The van der Waals surface area contributed by atoms with Gasteiger partial charge in [-0.1, -0.05) is 84.3 Å². The Bertz CT molecular complexity index is 615. The van der Waals surface area contributed by atoms with Gasteiger partial charge >= 0.3 is 0 Å². The van der Waals surface area contributed by atoms with Gasteiger partial charge in [0.1, 0.15) is 11.5 Å². The minimum Gasteiger partial charge on any atom is -0.508 e. The maximum atomic E-state index is 10.0. The highest BCUT2D eigenvalue weighted by Gasteiger charge is 2.09. The maximum absolute atomic E-state index is 10.0. The number of benzene rings is 1. The summed E-state index contributed by atoms with van der Waals surface area (Å²) in [6.45, 7) is 13.5. The van der Waals surface area contributed by atoms with Crippen molar-refractivity contribution in [1.82, 2.24) is 0 Å². The van der Waals surface area contributed by atoms with Gasteiger partial charge in [-0.25, -0.2) is 0 Å². The Hall–Kier alpha value is -1.44. The van der Waals surface area contributed by atoms with E-state index in [-0.39, 0.29) is 11.5 Å². The lowest BCUT2D eigenvalue weighted by atomic mass is 9.91. The first kappa shape index (κ1) is 25.6. The Labute approximate surface area is 180 Å². The smallest absolute Gasteiger partial charge is 0.119 e. The Morgan fingerprint density at radius 2 is 1.34 bits per heavy atom. The highest BCUT2D eigenvalue weighted by molar-refractivity contribution is 5.47. The van der Waals surface area contributed by atoms with E-state index < -0.39 is 0 Å². The Morgan fingerprint density at radius 3 is 1.93 bits per heavy atom. The molecule has 2 nitrogen and oxygen atoms in total. The molecule has 0 saturated carbocycles. The van der Waals surface area contributed by atoms with Crippen molar-refractivity contribution in [2.75, 3.05) is 0 Å². The molecular formula is C27H46O2. The second-order valence-corrected chi connectivity index (χ2v) is 9.82. The lowest BCUT2D eigenvalue weighted by Gasteiger charge is -2.15. The summed E-state index contributed by atoms with van der Waals surface area (Å²) in [4.78, 5) is 0. The zero-order valence-corrected chi connectivity index (χ0v) is 19.9. The summed E-state index contributed by atoms with van der Waals surface area (Å²) in [5, 5.41) is 19.9. The molecule has 2 N–H and O–H groups in total. The van der Waals surface area contributed by atoms with Crippen LogP contribution < -0.4 is 0 Å². The Morgan fingerprint density at radius 1 is 0.828 bits per heavy atom. The lowest BCUT2D eigenvalue weighted by molar-refractivity contribution is 0.389. The van der Waals surface area contributed by atoms with Gasteiger partial charge < -0.3 is 10.2 Å². The molecule has 29 heavy (non-hydrogen) atoms. The molecule has 0 heterocycles. The summed E-state index contributed by atoms with van der Waals surface area (Å²) < 4.78 is 0. The molecule has 0 aliphatic rings. The number of hydrogen-bond acceptors (Lipinski definition) is 2. The van der Waals surface area contributed by atoms with E-state index in [1.165, 1.54) is 56.9 Å². The van der Waals surface area contributed by atoms with Gasteiger partial charge in [0, 0.05) is 5.56 Å². The number of allylic oxidation sites excluding steroid dienone is 2. The molecular weight excluding hydrogens is 356 g/mol. The maximum Gasteiger partial charge on any atom is 0.119 e. The van der Waals surface area contributed by atoms with Gasteiger partial charge in [-0.15, -0.1) is 0 Å². The van der Waals surface area contributed by atoms with Crippen molar-refractivity contribution in [2.24, 2.45) is 17.8 Å². The van der Waals surface area contributed by atoms with Crippen molar-refractivity contribution in [3.8, 4) is 11.5 Å². The van der Waals surface area contributed by atoms with Gasteiger partial charge in [-0.05, 0) is 68.6 Å². The quantitative estimate of drug-likeness (QED) is 0.242. The second-order valence-electron chi connectivity index (χ2n) is 9.82. The summed E-state index contributed by atoms with van der Waals surface area (Å²) in [6.07, 6.45) is 14.8. The van der Waals surface area contributed by atoms with Crippen LogP contribution in [-0.4, -0.2) is 10.2 Å². The van der Waals surface area contributed by atoms with Gasteiger partial charge in [-0.3, -0.25) is 0 Å². The third-order valence-electron chi connectivity index (χ3n) is 6.34. The topological polar surface area (TPSA) is 40.5 Å². The zero-order chi connectivity index (χ0) is 21.8. The molecule has 0 aromatic heterocycles. The average molecular weight is 403 g/mol. The summed E-state index contributed by atoms with van der Waals surface area (Å²) in [7, 11) is 0.